The molecule has 0 aliphatic heterocycles. The molecule has 1 aromatic rings. The summed E-state index contributed by atoms with van der Waals surface area (Å²) in [5.41, 5.74) is 0.777. The Labute approximate surface area is 108 Å². The fourth-order valence-corrected chi connectivity index (χ4v) is 2.39. The second-order valence-electron chi connectivity index (χ2n) is 4.97. The van der Waals surface area contributed by atoms with Crippen molar-refractivity contribution in [3.05, 3.63) is 34.9 Å². The number of hydrogen-bond acceptors (Lipinski definition) is 2. The van der Waals surface area contributed by atoms with Gasteiger partial charge in [0.05, 0.1) is 5.60 Å². The zero-order valence-corrected chi connectivity index (χ0v) is 11.0. The van der Waals surface area contributed by atoms with Gasteiger partial charge in [0.25, 0.3) is 0 Å². The highest BCUT2D eigenvalue weighted by atomic mass is 35.5. The minimum absolute atomic E-state index is 0.303. The van der Waals surface area contributed by atoms with Gasteiger partial charge in [-0.3, -0.25) is 0 Å². The van der Waals surface area contributed by atoms with Crippen molar-refractivity contribution in [2.45, 2.75) is 44.2 Å². The van der Waals surface area contributed by atoms with Crippen LogP contribution in [0.1, 0.15) is 44.2 Å². The van der Waals surface area contributed by atoms with Gasteiger partial charge in [-0.25, -0.2) is 0 Å². The number of nitrogens with one attached hydrogen (secondary N) is 1. The molecule has 2 nitrogen and oxygen atoms in total. The average molecular weight is 254 g/mol. The van der Waals surface area contributed by atoms with Crippen LogP contribution in [0.3, 0.4) is 0 Å². The van der Waals surface area contributed by atoms with E-state index in [2.05, 4.69) is 12.2 Å². The first-order chi connectivity index (χ1) is 8.13. The van der Waals surface area contributed by atoms with Crippen molar-refractivity contribution in [1.29, 1.82) is 0 Å². The van der Waals surface area contributed by atoms with Crippen molar-refractivity contribution < 1.29 is 5.11 Å². The Kier molecular flexibility index (Phi) is 4.08. The summed E-state index contributed by atoms with van der Waals surface area (Å²) >= 11 is 5.88. The maximum absolute atomic E-state index is 10.1. The van der Waals surface area contributed by atoms with Gasteiger partial charge in [-0.2, -0.15) is 0 Å². The molecular formula is C14H20ClNO. The van der Waals surface area contributed by atoms with Crippen molar-refractivity contribution >= 4 is 11.6 Å². The van der Waals surface area contributed by atoms with Crippen LogP contribution in [0.2, 0.25) is 5.02 Å². The van der Waals surface area contributed by atoms with Gasteiger partial charge in [0.15, 0.2) is 0 Å². The van der Waals surface area contributed by atoms with Crippen LogP contribution in [0.5, 0.6) is 0 Å². The second kappa shape index (κ2) is 5.38. The van der Waals surface area contributed by atoms with E-state index in [0.29, 0.717) is 12.6 Å². The molecule has 0 saturated heterocycles. The number of halogens is 1. The monoisotopic (exact) mass is 253 g/mol. The SMILES string of the molecule is CCC(NCC1(O)CCC1)c1ccc(Cl)cc1. The van der Waals surface area contributed by atoms with Gasteiger partial charge >= 0.3 is 0 Å². The van der Waals surface area contributed by atoms with E-state index in [4.69, 9.17) is 11.6 Å². The zero-order chi connectivity index (χ0) is 12.3. The molecule has 1 aliphatic carbocycles. The van der Waals surface area contributed by atoms with Gasteiger partial charge in [-0.05, 0) is 43.4 Å². The quantitative estimate of drug-likeness (QED) is 0.844. The fraction of sp³-hybridized carbons (Fsp3) is 0.571. The third kappa shape index (κ3) is 3.21. The standard InChI is InChI=1S/C14H20ClNO/c1-2-13(11-4-6-12(15)7-5-11)16-10-14(17)8-3-9-14/h4-7,13,16-17H,2-3,8-10H2,1H3. The Morgan fingerprint density at radius 1 is 1.35 bits per heavy atom. The maximum Gasteiger partial charge on any atom is 0.0771 e. The number of benzene rings is 1. The van der Waals surface area contributed by atoms with Gasteiger partial charge in [0.1, 0.15) is 0 Å². The van der Waals surface area contributed by atoms with E-state index >= 15 is 0 Å². The Hall–Kier alpha value is -0.570. The molecule has 2 N–H and O–H groups in total. The fourth-order valence-electron chi connectivity index (χ4n) is 2.27. The molecule has 0 spiro atoms. The maximum atomic E-state index is 10.1. The zero-order valence-electron chi connectivity index (χ0n) is 10.2. The van der Waals surface area contributed by atoms with E-state index in [-0.39, 0.29) is 0 Å². The van der Waals surface area contributed by atoms with Crippen molar-refractivity contribution in [3.63, 3.8) is 0 Å². The van der Waals surface area contributed by atoms with Crippen LogP contribution in [-0.4, -0.2) is 17.3 Å². The Bertz CT molecular complexity index is 359. The summed E-state index contributed by atoms with van der Waals surface area (Å²) in [7, 11) is 0. The molecule has 1 atom stereocenters. The molecule has 94 valence electrons. The molecule has 1 aromatic carbocycles. The topological polar surface area (TPSA) is 32.3 Å². The Morgan fingerprint density at radius 2 is 2.00 bits per heavy atom. The molecule has 0 heterocycles. The van der Waals surface area contributed by atoms with Crippen LogP contribution in [0.4, 0.5) is 0 Å². The van der Waals surface area contributed by atoms with Crippen LogP contribution in [-0.2, 0) is 0 Å². The van der Waals surface area contributed by atoms with Crippen molar-refractivity contribution in [2.75, 3.05) is 6.54 Å². The predicted molar refractivity (Wildman–Crippen MR) is 71.3 cm³/mol. The second-order valence-corrected chi connectivity index (χ2v) is 5.41. The Morgan fingerprint density at radius 3 is 2.47 bits per heavy atom. The lowest BCUT2D eigenvalue weighted by Gasteiger charge is -2.38. The summed E-state index contributed by atoms with van der Waals surface area (Å²) in [4.78, 5) is 0. The van der Waals surface area contributed by atoms with E-state index in [9.17, 15) is 5.11 Å². The summed E-state index contributed by atoms with van der Waals surface area (Å²) in [6, 6.07) is 8.23. The van der Waals surface area contributed by atoms with Crippen LogP contribution in [0, 0.1) is 0 Å². The first kappa shape index (κ1) is 12.9. The summed E-state index contributed by atoms with van der Waals surface area (Å²) in [6.45, 7) is 2.84. The molecule has 1 saturated carbocycles. The summed E-state index contributed by atoms with van der Waals surface area (Å²) in [5.74, 6) is 0. The number of hydrogen-bond donors (Lipinski definition) is 2. The highest BCUT2D eigenvalue weighted by Crippen LogP contribution is 2.31. The summed E-state index contributed by atoms with van der Waals surface area (Å²) in [5, 5.41) is 14.3. The highest BCUT2D eigenvalue weighted by Gasteiger charge is 2.34. The molecule has 0 aromatic heterocycles. The van der Waals surface area contributed by atoms with Gasteiger partial charge < -0.3 is 10.4 Å². The molecule has 17 heavy (non-hydrogen) atoms. The third-order valence-electron chi connectivity index (χ3n) is 3.64. The summed E-state index contributed by atoms with van der Waals surface area (Å²) < 4.78 is 0. The molecule has 1 unspecified atom stereocenters. The predicted octanol–water partition coefficient (Wildman–Crippen LogP) is 3.30. The summed E-state index contributed by atoms with van der Waals surface area (Å²) in [6.07, 6.45) is 4.02. The molecule has 2 rings (SSSR count). The molecule has 1 aliphatic rings. The first-order valence-electron chi connectivity index (χ1n) is 6.34. The van der Waals surface area contributed by atoms with Crippen LogP contribution < -0.4 is 5.32 Å². The molecule has 3 heteroatoms. The molecule has 0 bridgehead atoms. The Balaban J connectivity index is 1.94. The molecule has 1 fully saturated rings. The van der Waals surface area contributed by atoms with E-state index in [0.717, 1.165) is 30.7 Å². The van der Waals surface area contributed by atoms with Crippen LogP contribution in [0.15, 0.2) is 24.3 Å². The lowest BCUT2D eigenvalue weighted by molar-refractivity contribution is -0.0333. The van der Waals surface area contributed by atoms with E-state index in [1.54, 1.807) is 0 Å². The largest absolute Gasteiger partial charge is 0.389 e. The van der Waals surface area contributed by atoms with E-state index in [1.807, 2.05) is 24.3 Å². The third-order valence-corrected chi connectivity index (χ3v) is 3.89. The van der Waals surface area contributed by atoms with Gasteiger partial charge in [0, 0.05) is 17.6 Å². The van der Waals surface area contributed by atoms with Gasteiger partial charge in [0.2, 0.25) is 0 Å². The van der Waals surface area contributed by atoms with Crippen LogP contribution in [0.25, 0.3) is 0 Å². The van der Waals surface area contributed by atoms with Gasteiger partial charge in [-0.15, -0.1) is 0 Å². The van der Waals surface area contributed by atoms with E-state index < -0.39 is 5.60 Å². The average Bonchev–Trinajstić information content (AvgIpc) is 2.30. The van der Waals surface area contributed by atoms with Crippen molar-refractivity contribution in [2.24, 2.45) is 0 Å². The highest BCUT2D eigenvalue weighted by molar-refractivity contribution is 6.30. The number of aliphatic hydroxyl groups is 1. The molecule has 0 amide bonds. The minimum Gasteiger partial charge on any atom is -0.389 e. The number of rotatable bonds is 5. The molecular weight excluding hydrogens is 234 g/mol. The smallest absolute Gasteiger partial charge is 0.0771 e. The molecule has 0 radical (unpaired) electrons. The normalized spacial score (nSPS) is 19.7. The van der Waals surface area contributed by atoms with E-state index in [1.165, 1.54) is 5.56 Å². The van der Waals surface area contributed by atoms with Crippen molar-refractivity contribution in [1.82, 2.24) is 5.32 Å². The lowest BCUT2D eigenvalue weighted by atomic mass is 9.80. The first-order valence-corrected chi connectivity index (χ1v) is 6.72. The van der Waals surface area contributed by atoms with Crippen LogP contribution >= 0.6 is 11.6 Å². The van der Waals surface area contributed by atoms with Crippen molar-refractivity contribution in [3.8, 4) is 0 Å². The minimum atomic E-state index is -0.458. The lowest BCUT2D eigenvalue weighted by Crippen LogP contribution is -2.47. The van der Waals surface area contributed by atoms with Gasteiger partial charge in [-0.1, -0.05) is 30.7 Å².